The highest BCUT2D eigenvalue weighted by Crippen LogP contribution is 2.24. The van der Waals surface area contributed by atoms with E-state index in [1.807, 2.05) is 0 Å². The lowest BCUT2D eigenvalue weighted by Crippen LogP contribution is -2.32. The van der Waals surface area contributed by atoms with E-state index in [1.165, 1.54) is 12.1 Å². The van der Waals surface area contributed by atoms with Gasteiger partial charge < -0.3 is 10.2 Å². The number of anilines is 2. The average Bonchev–Trinajstić information content (AvgIpc) is 3.12. The Morgan fingerprint density at radius 1 is 1.00 bits per heavy atom. The first kappa shape index (κ1) is 17.6. The third kappa shape index (κ3) is 4.24. The summed E-state index contributed by atoms with van der Waals surface area (Å²) in [6.07, 6.45) is 2.02. The fraction of sp³-hybridized carbons (Fsp3) is 0.235. The van der Waals surface area contributed by atoms with Crippen molar-refractivity contribution in [1.82, 2.24) is 4.90 Å². The van der Waals surface area contributed by atoms with Crippen LogP contribution in [0.4, 0.5) is 16.2 Å². The summed E-state index contributed by atoms with van der Waals surface area (Å²) in [6, 6.07) is 12.5. The number of hydrogen-bond donors (Lipinski definition) is 2. The summed E-state index contributed by atoms with van der Waals surface area (Å²) < 4.78 is 27.3. The smallest absolute Gasteiger partial charge is 0.321 e. The van der Waals surface area contributed by atoms with Gasteiger partial charge in [0, 0.05) is 18.8 Å². The van der Waals surface area contributed by atoms with E-state index in [4.69, 9.17) is 11.6 Å². The molecule has 132 valence electrons. The molecule has 0 atom stereocenters. The van der Waals surface area contributed by atoms with Gasteiger partial charge in [-0.3, -0.25) is 4.72 Å². The van der Waals surface area contributed by atoms with Crippen molar-refractivity contribution in [3.05, 3.63) is 53.6 Å². The highest BCUT2D eigenvalue weighted by atomic mass is 35.5. The molecule has 3 rings (SSSR count). The summed E-state index contributed by atoms with van der Waals surface area (Å²) >= 11 is 5.98. The molecule has 0 bridgehead atoms. The highest BCUT2D eigenvalue weighted by Gasteiger charge is 2.19. The van der Waals surface area contributed by atoms with E-state index >= 15 is 0 Å². The number of para-hydroxylation sites is 1. The SMILES string of the molecule is O=C(Nc1ccc(S(=O)(=O)Nc2ccccc2Cl)cc1)N1CCCC1. The zero-order valence-electron chi connectivity index (χ0n) is 13.4. The number of hydrogen-bond acceptors (Lipinski definition) is 3. The molecule has 0 unspecified atom stereocenters. The van der Waals surface area contributed by atoms with Gasteiger partial charge in [-0.15, -0.1) is 0 Å². The Balaban J connectivity index is 1.70. The Hall–Kier alpha value is -2.25. The third-order valence-corrected chi connectivity index (χ3v) is 5.64. The standard InChI is InChI=1S/C17H18ClN3O3S/c18-15-5-1-2-6-16(15)20-25(23,24)14-9-7-13(8-10-14)19-17(22)21-11-3-4-12-21/h1-2,5-10,20H,3-4,11-12H2,(H,19,22). The van der Waals surface area contributed by atoms with Crippen LogP contribution in [0.5, 0.6) is 0 Å². The molecule has 2 N–H and O–H groups in total. The summed E-state index contributed by atoms with van der Waals surface area (Å²) in [7, 11) is -3.75. The minimum Gasteiger partial charge on any atom is -0.325 e. The largest absolute Gasteiger partial charge is 0.325 e. The number of carbonyl (C=O) groups excluding carboxylic acids is 1. The molecule has 1 fully saturated rings. The van der Waals surface area contributed by atoms with Gasteiger partial charge in [0.15, 0.2) is 0 Å². The average molecular weight is 380 g/mol. The van der Waals surface area contributed by atoms with Crippen LogP contribution in [0.25, 0.3) is 0 Å². The van der Waals surface area contributed by atoms with Crippen molar-refractivity contribution in [2.45, 2.75) is 17.7 Å². The summed E-state index contributed by atoms with van der Waals surface area (Å²) in [5.41, 5.74) is 0.865. The first-order chi connectivity index (χ1) is 12.0. The lowest BCUT2D eigenvalue weighted by Gasteiger charge is -2.16. The first-order valence-corrected chi connectivity index (χ1v) is 9.75. The monoisotopic (exact) mass is 379 g/mol. The van der Waals surface area contributed by atoms with Crippen molar-refractivity contribution >= 4 is 39.0 Å². The summed E-state index contributed by atoms with van der Waals surface area (Å²) in [6.45, 7) is 1.50. The molecule has 2 aromatic rings. The van der Waals surface area contributed by atoms with Gasteiger partial charge in [0.25, 0.3) is 10.0 Å². The third-order valence-electron chi connectivity index (χ3n) is 3.93. The first-order valence-electron chi connectivity index (χ1n) is 7.89. The van der Waals surface area contributed by atoms with E-state index in [-0.39, 0.29) is 10.9 Å². The predicted molar refractivity (Wildman–Crippen MR) is 98.5 cm³/mol. The number of rotatable bonds is 4. The van der Waals surface area contributed by atoms with Gasteiger partial charge in [0.2, 0.25) is 0 Å². The molecule has 2 amide bonds. The second-order valence-corrected chi connectivity index (χ2v) is 7.82. The van der Waals surface area contributed by atoms with Crippen LogP contribution in [0.3, 0.4) is 0 Å². The minimum atomic E-state index is -3.75. The Morgan fingerprint density at radius 3 is 2.28 bits per heavy atom. The van der Waals surface area contributed by atoms with E-state index in [2.05, 4.69) is 10.0 Å². The number of amides is 2. The van der Waals surface area contributed by atoms with Gasteiger partial charge in [0.05, 0.1) is 15.6 Å². The number of likely N-dealkylation sites (tertiary alicyclic amines) is 1. The molecule has 0 aliphatic carbocycles. The Labute approximate surface area is 151 Å². The number of benzene rings is 2. The van der Waals surface area contributed by atoms with Crippen LogP contribution in [0.2, 0.25) is 5.02 Å². The maximum Gasteiger partial charge on any atom is 0.321 e. The van der Waals surface area contributed by atoms with Crippen LogP contribution < -0.4 is 10.0 Å². The number of nitrogens with one attached hydrogen (secondary N) is 2. The van der Waals surface area contributed by atoms with E-state index in [9.17, 15) is 13.2 Å². The molecular formula is C17H18ClN3O3S. The van der Waals surface area contributed by atoms with Crippen molar-refractivity contribution in [2.75, 3.05) is 23.1 Å². The Kier molecular flexibility index (Phi) is 5.15. The van der Waals surface area contributed by atoms with Gasteiger partial charge in [0.1, 0.15) is 0 Å². The second kappa shape index (κ2) is 7.33. The molecule has 0 radical (unpaired) electrons. The Bertz CT molecular complexity index is 863. The molecule has 1 heterocycles. The van der Waals surface area contributed by atoms with Crippen molar-refractivity contribution in [3.8, 4) is 0 Å². The Morgan fingerprint density at radius 2 is 1.64 bits per heavy atom. The van der Waals surface area contributed by atoms with Crippen molar-refractivity contribution < 1.29 is 13.2 Å². The highest BCUT2D eigenvalue weighted by molar-refractivity contribution is 7.92. The topological polar surface area (TPSA) is 78.5 Å². The van der Waals surface area contributed by atoms with Gasteiger partial charge in [-0.05, 0) is 49.2 Å². The molecule has 8 heteroatoms. The van der Waals surface area contributed by atoms with E-state index in [0.29, 0.717) is 16.4 Å². The second-order valence-electron chi connectivity index (χ2n) is 5.73. The molecule has 1 saturated heterocycles. The molecule has 0 spiro atoms. The fourth-order valence-corrected chi connectivity index (χ4v) is 3.91. The van der Waals surface area contributed by atoms with Crippen LogP contribution in [-0.4, -0.2) is 32.4 Å². The molecule has 0 aromatic heterocycles. The number of halogens is 1. The lowest BCUT2D eigenvalue weighted by atomic mass is 10.3. The van der Waals surface area contributed by atoms with Crippen LogP contribution in [-0.2, 0) is 10.0 Å². The van der Waals surface area contributed by atoms with Gasteiger partial charge in [-0.1, -0.05) is 23.7 Å². The van der Waals surface area contributed by atoms with Crippen LogP contribution in [0.15, 0.2) is 53.4 Å². The summed E-state index contributed by atoms with van der Waals surface area (Å²) in [5, 5.41) is 3.09. The minimum absolute atomic E-state index is 0.0894. The van der Waals surface area contributed by atoms with Crippen LogP contribution >= 0.6 is 11.6 Å². The van der Waals surface area contributed by atoms with E-state index in [0.717, 1.165) is 25.9 Å². The fourth-order valence-electron chi connectivity index (χ4n) is 2.59. The molecule has 2 aromatic carbocycles. The maximum absolute atomic E-state index is 12.4. The quantitative estimate of drug-likeness (QED) is 0.848. The predicted octanol–water partition coefficient (Wildman–Crippen LogP) is 3.77. The van der Waals surface area contributed by atoms with Gasteiger partial charge in [-0.25, -0.2) is 13.2 Å². The lowest BCUT2D eigenvalue weighted by molar-refractivity contribution is 0.222. The number of nitrogens with zero attached hydrogens (tertiary/aromatic N) is 1. The maximum atomic E-state index is 12.4. The van der Waals surface area contributed by atoms with Crippen LogP contribution in [0.1, 0.15) is 12.8 Å². The zero-order chi connectivity index (χ0) is 17.9. The van der Waals surface area contributed by atoms with Gasteiger partial charge >= 0.3 is 6.03 Å². The van der Waals surface area contributed by atoms with E-state index < -0.39 is 10.0 Å². The zero-order valence-corrected chi connectivity index (χ0v) is 15.0. The molecule has 0 saturated carbocycles. The number of carbonyl (C=O) groups is 1. The van der Waals surface area contributed by atoms with Gasteiger partial charge in [-0.2, -0.15) is 0 Å². The van der Waals surface area contributed by atoms with E-state index in [1.54, 1.807) is 41.3 Å². The molecule has 1 aliphatic rings. The van der Waals surface area contributed by atoms with Crippen molar-refractivity contribution in [3.63, 3.8) is 0 Å². The summed E-state index contributed by atoms with van der Waals surface area (Å²) in [5.74, 6) is 0. The number of urea groups is 1. The summed E-state index contributed by atoms with van der Waals surface area (Å²) in [4.78, 5) is 13.9. The van der Waals surface area contributed by atoms with Crippen LogP contribution in [0, 0.1) is 0 Å². The molecular weight excluding hydrogens is 362 g/mol. The molecule has 1 aliphatic heterocycles. The van der Waals surface area contributed by atoms with Crippen molar-refractivity contribution in [1.29, 1.82) is 0 Å². The van der Waals surface area contributed by atoms with Crippen molar-refractivity contribution in [2.24, 2.45) is 0 Å². The normalized spacial score (nSPS) is 14.4. The molecule has 6 nitrogen and oxygen atoms in total. The molecule has 25 heavy (non-hydrogen) atoms. The number of sulfonamides is 1.